The quantitative estimate of drug-likeness (QED) is 0.840. The molecule has 4 nitrogen and oxygen atoms in total. The van der Waals surface area contributed by atoms with Crippen molar-refractivity contribution in [2.75, 3.05) is 12.8 Å². The van der Waals surface area contributed by atoms with Crippen LogP contribution in [0.25, 0.3) is 0 Å². The molecule has 0 fully saturated rings. The lowest BCUT2D eigenvalue weighted by Crippen LogP contribution is -2.42. The number of nitrogens with zero attached hydrogens (tertiary/aromatic N) is 1. The number of hydrogen-bond donors (Lipinski definition) is 1. The second kappa shape index (κ2) is 7.94. The molecule has 1 atom stereocenters. The van der Waals surface area contributed by atoms with Gasteiger partial charge < -0.3 is 10.0 Å². The standard InChI is InChI=1S/C15H21NO3S/c1-4-13(15(18)19)16(3)14(17)10-20-9-12-7-5-6-11(2)8-12/h5-8,13H,4,9-10H2,1-3H3,(H,18,19). The fourth-order valence-corrected chi connectivity index (χ4v) is 2.84. The predicted octanol–water partition coefficient (Wildman–Crippen LogP) is 2.55. The van der Waals surface area contributed by atoms with Gasteiger partial charge >= 0.3 is 5.97 Å². The van der Waals surface area contributed by atoms with Crippen molar-refractivity contribution in [1.29, 1.82) is 0 Å². The Morgan fingerprint density at radius 2 is 2.10 bits per heavy atom. The van der Waals surface area contributed by atoms with Crippen LogP contribution in [0.5, 0.6) is 0 Å². The van der Waals surface area contributed by atoms with Gasteiger partial charge in [-0.15, -0.1) is 11.8 Å². The molecule has 1 unspecified atom stereocenters. The maximum Gasteiger partial charge on any atom is 0.326 e. The van der Waals surface area contributed by atoms with Gasteiger partial charge in [-0.05, 0) is 18.9 Å². The zero-order valence-electron chi connectivity index (χ0n) is 12.1. The number of carboxylic acids is 1. The first-order chi connectivity index (χ1) is 9.45. The lowest BCUT2D eigenvalue weighted by Gasteiger charge is -2.23. The van der Waals surface area contributed by atoms with Gasteiger partial charge in [0.15, 0.2) is 0 Å². The van der Waals surface area contributed by atoms with Crippen LogP contribution in [0.15, 0.2) is 24.3 Å². The van der Waals surface area contributed by atoms with Crippen molar-refractivity contribution >= 4 is 23.6 Å². The number of carboxylic acid groups (broad SMARTS) is 1. The van der Waals surface area contributed by atoms with Gasteiger partial charge in [0.05, 0.1) is 5.75 Å². The number of benzene rings is 1. The van der Waals surface area contributed by atoms with E-state index in [1.54, 1.807) is 14.0 Å². The van der Waals surface area contributed by atoms with Crippen molar-refractivity contribution in [1.82, 2.24) is 4.90 Å². The lowest BCUT2D eigenvalue weighted by atomic mass is 10.2. The van der Waals surface area contributed by atoms with Crippen molar-refractivity contribution in [3.05, 3.63) is 35.4 Å². The van der Waals surface area contributed by atoms with E-state index >= 15 is 0 Å². The summed E-state index contributed by atoms with van der Waals surface area (Å²) in [4.78, 5) is 24.3. The maximum absolute atomic E-state index is 11.9. The van der Waals surface area contributed by atoms with Crippen LogP contribution in [-0.4, -0.2) is 40.7 Å². The molecular formula is C15H21NO3S. The van der Waals surface area contributed by atoms with Crippen molar-refractivity contribution < 1.29 is 14.7 Å². The third-order valence-corrected chi connectivity index (χ3v) is 4.10. The first kappa shape index (κ1) is 16.6. The fraction of sp³-hybridized carbons (Fsp3) is 0.467. The molecule has 1 rings (SSSR count). The van der Waals surface area contributed by atoms with Crippen LogP contribution in [0.2, 0.25) is 0 Å². The van der Waals surface area contributed by atoms with E-state index in [0.29, 0.717) is 12.2 Å². The highest BCUT2D eigenvalue weighted by Crippen LogP contribution is 2.15. The summed E-state index contributed by atoms with van der Waals surface area (Å²) in [5, 5.41) is 9.03. The first-order valence-electron chi connectivity index (χ1n) is 6.57. The van der Waals surface area contributed by atoms with Gasteiger partial charge in [-0.3, -0.25) is 4.79 Å². The fourth-order valence-electron chi connectivity index (χ4n) is 1.95. The van der Waals surface area contributed by atoms with E-state index in [-0.39, 0.29) is 5.91 Å². The lowest BCUT2D eigenvalue weighted by molar-refractivity contribution is -0.148. The monoisotopic (exact) mass is 295 g/mol. The summed E-state index contributed by atoms with van der Waals surface area (Å²) in [5.74, 6) is -0.0387. The van der Waals surface area contributed by atoms with Crippen LogP contribution >= 0.6 is 11.8 Å². The molecule has 0 aliphatic carbocycles. The SMILES string of the molecule is CCC(C(=O)O)N(C)C(=O)CSCc1cccc(C)c1. The molecule has 0 saturated carbocycles. The number of hydrogen-bond acceptors (Lipinski definition) is 3. The Labute approximate surface area is 124 Å². The Bertz CT molecular complexity index is 476. The van der Waals surface area contributed by atoms with Crippen LogP contribution < -0.4 is 0 Å². The molecule has 1 aromatic rings. The summed E-state index contributed by atoms with van der Waals surface area (Å²) >= 11 is 1.51. The zero-order chi connectivity index (χ0) is 15.1. The van der Waals surface area contributed by atoms with E-state index in [4.69, 9.17) is 5.11 Å². The Morgan fingerprint density at radius 3 is 2.65 bits per heavy atom. The number of rotatable bonds is 7. The highest BCUT2D eigenvalue weighted by atomic mass is 32.2. The van der Waals surface area contributed by atoms with Crippen LogP contribution in [0, 0.1) is 6.92 Å². The molecule has 0 radical (unpaired) electrons. The molecular weight excluding hydrogens is 274 g/mol. The van der Waals surface area contributed by atoms with E-state index in [2.05, 4.69) is 6.07 Å². The van der Waals surface area contributed by atoms with Gasteiger partial charge in [0.2, 0.25) is 5.91 Å². The Kier molecular flexibility index (Phi) is 6.58. The summed E-state index contributed by atoms with van der Waals surface area (Å²) in [5.41, 5.74) is 2.37. The van der Waals surface area contributed by atoms with E-state index < -0.39 is 12.0 Å². The maximum atomic E-state index is 11.9. The molecule has 0 heterocycles. The number of thioether (sulfide) groups is 1. The smallest absolute Gasteiger partial charge is 0.326 e. The molecule has 1 amide bonds. The summed E-state index contributed by atoms with van der Waals surface area (Å²) in [6, 6.07) is 7.41. The van der Waals surface area contributed by atoms with Gasteiger partial charge in [-0.25, -0.2) is 4.79 Å². The van der Waals surface area contributed by atoms with Gasteiger partial charge in [0, 0.05) is 12.8 Å². The average molecular weight is 295 g/mol. The third-order valence-electron chi connectivity index (χ3n) is 3.11. The van der Waals surface area contributed by atoms with E-state index in [1.165, 1.54) is 27.8 Å². The van der Waals surface area contributed by atoms with E-state index in [9.17, 15) is 9.59 Å². The van der Waals surface area contributed by atoms with Crippen molar-refractivity contribution in [2.45, 2.75) is 32.1 Å². The first-order valence-corrected chi connectivity index (χ1v) is 7.73. The van der Waals surface area contributed by atoms with Gasteiger partial charge in [-0.1, -0.05) is 36.8 Å². The summed E-state index contributed by atoms with van der Waals surface area (Å²) in [7, 11) is 1.55. The van der Waals surface area contributed by atoms with E-state index in [1.807, 2.05) is 25.1 Å². The van der Waals surface area contributed by atoms with Crippen LogP contribution in [0.3, 0.4) is 0 Å². The second-order valence-corrected chi connectivity index (χ2v) is 5.73. The predicted molar refractivity (Wildman–Crippen MR) is 81.8 cm³/mol. The average Bonchev–Trinajstić information content (AvgIpc) is 2.38. The van der Waals surface area contributed by atoms with Crippen molar-refractivity contribution in [3.63, 3.8) is 0 Å². The molecule has 5 heteroatoms. The minimum atomic E-state index is -0.952. The Balaban J connectivity index is 2.45. The Hall–Kier alpha value is -1.49. The van der Waals surface area contributed by atoms with Gasteiger partial charge in [0.25, 0.3) is 0 Å². The van der Waals surface area contributed by atoms with Crippen molar-refractivity contribution in [3.8, 4) is 0 Å². The molecule has 0 aliphatic rings. The molecule has 0 aromatic heterocycles. The molecule has 0 spiro atoms. The molecule has 1 aromatic carbocycles. The van der Waals surface area contributed by atoms with E-state index in [0.717, 1.165) is 5.75 Å². The highest BCUT2D eigenvalue weighted by Gasteiger charge is 2.24. The highest BCUT2D eigenvalue weighted by molar-refractivity contribution is 7.99. The third kappa shape index (κ3) is 4.89. The normalized spacial score (nSPS) is 11.9. The largest absolute Gasteiger partial charge is 0.480 e. The molecule has 0 aliphatic heterocycles. The second-order valence-electron chi connectivity index (χ2n) is 4.75. The molecule has 1 N–H and O–H groups in total. The van der Waals surface area contributed by atoms with Crippen molar-refractivity contribution in [2.24, 2.45) is 0 Å². The number of aryl methyl sites for hydroxylation is 1. The number of amides is 1. The summed E-state index contributed by atoms with van der Waals surface area (Å²) in [6.45, 7) is 3.80. The number of likely N-dealkylation sites (N-methyl/N-ethyl adjacent to an activating group) is 1. The van der Waals surface area contributed by atoms with Crippen LogP contribution in [-0.2, 0) is 15.3 Å². The number of carbonyl (C=O) groups excluding carboxylic acids is 1. The molecule has 0 bridgehead atoms. The minimum Gasteiger partial charge on any atom is -0.480 e. The molecule has 110 valence electrons. The van der Waals surface area contributed by atoms with Crippen LogP contribution in [0.1, 0.15) is 24.5 Å². The van der Waals surface area contributed by atoms with Crippen LogP contribution in [0.4, 0.5) is 0 Å². The zero-order valence-corrected chi connectivity index (χ0v) is 12.9. The van der Waals surface area contributed by atoms with Gasteiger partial charge in [0.1, 0.15) is 6.04 Å². The number of carbonyl (C=O) groups is 2. The summed E-state index contributed by atoms with van der Waals surface area (Å²) < 4.78 is 0. The molecule has 20 heavy (non-hydrogen) atoms. The topological polar surface area (TPSA) is 57.6 Å². The number of aliphatic carboxylic acids is 1. The minimum absolute atomic E-state index is 0.142. The van der Waals surface area contributed by atoms with Gasteiger partial charge in [-0.2, -0.15) is 0 Å². The Morgan fingerprint density at radius 1 is 1.40 bits per heavy atom. The molecule has 0 saturated heterocycles. The summed E-state index contributed by atoms with van der Waals surface area (Å²) in [6.07, 6.45) is 0.417.